The molecule has 4 nitrogen and oxygen atoms in total. The van der Waals surface area contributed by atoms with E-state index in [4.69, 9.17) is 4.74 Å². The molecule has 0 aliphatic heterocycles. The summed E-state index contributed by atoms with van der Waals surface area (Å²) < 4.78 is 26.7. The zero-order chi connectivity index (χ0) is 11.0. The van der Waals surface area contributed by atoms with Gasteiger partial charge in [0.15, 0.2) is 0 Å². The third-order valence-corrected chi connectivity index (χ3v) is 3.18. The highest BCUT2D eigenvalue weighted by Gasteiger charge is 2.08. The molecule has 5 heteroatoms. The van der Waals surface area contributed by atoms with E-state index in [1.165, 1.54) is 6.26 Å². The Labute approximate surface area is 86.9 Å². The molecular formula is C9H21NO3S. The van der Waals surface area contributed by atoms with E-state index in [2.05, 4.69) is 5.32 Å². The smallest absolute Gasteiger partial charge is 0.147 e. The first-order valence-corrected chi connectivity index (χ1v) is 6.89. The normalized spacial score (nSPS) is 14.2. The van der Waals surface area contributed by atoms with Gasteiger partial charge in [-0.2, -0.15) is 0 Å². The molecule has 86 valence electrons. The number of nitrogens with one attached hydrogen (secondary N) is 1. The third-order valence-electron chi connectivity index (χ3n) is 2.15. The first-order valence-electron chi connectivity index (χ1n) is 4.83. The van der Waals surface area contributed by atoms with Crippen molar-refractivity contribution in [2.75, 3.05) is 32.8 Å². The fourth-order valence-electron chi connectivity index (χ4n) is 1.29. The van der Waals surface area contributed by atoms with Crippen molar-refractivity contribution < 1.29 is 13.2 Å². The van der Waals surface area contributed by atoms with Crippen LogP contribution in [0.3, 0.4) is 0 Å². The fourth-order valence-corrected chi connectivity index (χ4v) is 1.98. The van der Waals surface area contributed by atoms with Gasteiger partial charge in [0.2, 0.25) is 0 Å². The Bertz CT molecular complexity index is 226. The number of ether oxygens (including phenoxy) is 1. The Morgan fingerprint density at radius 1 is 1.36 bits per heavy atom. The van der Waals surface area contributed by atoms with Crippen LogP contribution in [-0.4, -0.2) is 47.2 Å². The first kappa shape index (κ1) is 13.9. The number of sulfone groups is 1. The minimum atomic E-state index is -2.81. The van der Waals surface area contributed by atoms with E-state index < -0.39 is 9.84 Å². The molecule has 14 heavy (non-hydrogen) atoms. The lowest BCUT2D eigenvalue weighted by Crippen LogP contribution is -2.27. The molecule has 0 amide bonds. The zero-order valence-corrected chi connectivity index (χ0v) is 10.1. The lowest BCUT2D eigenvalue weighted by molar-refractivity contribution is 0.182. The summed E-state index contributed by atoms with van der Waals surface area (Å²) in [6, 6.07) is 0.358. The maximum atomic E-state index is 10.9. The summed E-state index contributed by atoms with van der Waals surface area (Å²) in [6.45, 7) is 0.713. The molecule has 0 fully saturated rings. The molecule has 0 saturated carbocycles. The van der Waals surface area contributed by atoms with E-state index in [0.717, 1.165) is 12.8 Å². The van der Waals surface area contributed by atoms with Crippen LogP contribution >= 0.6 is 0 Å². The summed E-state index contributed by atoms with van der Waals surface area (Å²) >= 11 is 0. The van der Waals surface area contributed by atoms with Gasteiger partial charge < -0.3 is 10.1 Å². The molecule has 0 aliphatic carbocycles. The van der Waals surface area contributed by atoms with Gasteiger partial charge in [0.05, 0.1) is 0 Å². The van der Waals surface area contributed by atoms with Crippen LogP contribution in [0.25, 0.3) is 0 Å². The third kappa shape index (κ3) is 8.47. The van der Waals surface area contributed by atoms with Gasteiger partial charge in [-0.15, -0.1) is 0 Å². The average Bonchev–Trinajstić information content (AvgIpc) is 2.09. The van der Waals surface area contributed by atoms with E-state index >= 15 is 0 Å². The average molecular weight is 223 g/mol. The second-order valence-corrected chi connectivity index (χ2v) is 5.80. The topological polar surface area (TPSA) is 55.4 Å². The Morgan fingerprint density at radius 3 is 2.43 bits per heavy atom. The van der Waals surface area contributed by atoms with E-state index in [0.29, 0.717) is 19.1 Å². The van der Waals surface area contributed by atoms with Gasteiger partial charge in [-0.25, -0.2) is 8.42 Å². The van der Waals surface area contributed by atoms with Crippen LogP contribution in [0, 0.1) is 0 Å². The summed E-state index contributed by atoms with van der Waals surface area (Å²) in [6.07, 6.45) is 3.80. The summed E-state index contributed by atoms with van der Waals surface area (Å²) in [5, 5.41) is 3.15. The molecule has 1 atom stereocenters. The van der Waals surface area contributed by atoms with Gasteiger partial charge >= 0.3 is 0 Å². The Kier molecular flexibility index (Phi) is 7.13. The largest absolute Gasteiger partial charge is 0.385 e. The first-order chi connectivity index (χ1) is 6.49. The van der Waals surface area contributed by atoms with Gasteiger partial charge in [0, 0.05) is 31.8 Å². The Morgan fingerprint density at radius 2 is 2.00 bits per heavy atom. The van der Waals surface area contributed by atoms with E-state index in [1.807, 2.05) is 7.05 Å². The van der Waals surface area contributed by atoms with Crippen LogP contribution in [0.4, 0.5) is 0 Å². The quantitative estimate of drug-likeness (QED) is 0.648. The highest BCUT2D eigenvalue weighted by molar-refractivity contribution is 7.90. The van der Waals surface area contributed by atoms with Crippen LogP contribution < -0.4 is 5.32 Å². The van der Waals surface area contributed by atoms with Crippen LogP contribution in [-0.2, 0) is 14.6 Å². The highest BCUT2D eigenvalue weighted by Crippen LogP contribution is 2.03. The molecule has 0 radical (unpaired) electrons. The minimum Gasteiger partial charge on any atom is -0.385 e. The maximum absolute atomic E-state index is 10.9. The van der Waals surface area contributed by atoms with Crippen molar-refractivity contribution in [3.8, 4) is 0 Å². The Hall–Kier alpha value is -0.130. The molecule has 1 unspecified atom stereocenters. The van der Waals surface area contributed by atoms with Crippen molar-refractivity contribution in [3.63, 3.8) is 0 Å². The number of hydrogen-bond acceptors (Lipinski definition) is 4. The van der Waals surface area contributed by atoms with Crippen LogP contribution in [0.15, 0.2) is 0 Å². The van der Waals surface area contributed by atoms with Crippen molar-refractivity contribution >= 4 is 9.84 Å². The molecule has 0 bridgehead atoms. The monoisotopic (exact) mass is 223 g/mol. The van der Waals surface area contributed by atoms with Gasteiger partial charge in [-0.3, -0.25) is 0 Å². The molecule has 0 heterocycles. The fraction of sp³-hybridized carbons (Fsp3) is 1.00. The van der Waals surface area contributed by atoms with E-state index in [-0.39, 0.29) is 5.75 Å². The zero-order valence-electron chi connectivity index (χ0n) is 9.25. The molecule has 0 saturated heterocycles. The molecule has 0 aromatic carbocycles. The lowest BCUT2D eigenvalue weighted by atomic mass is 10.1. The molecule has 1 N–H and O–H groups in total. The van der Waals surface area contributed by atoms with Gasteiger partial charge in [-0.05, 0) is 26.3 Å². The van der Waals surface area contributed by atoms with Crippen molar-refractivity contribution in [2.24, 2.45) is 0 Å². The molecule has 0 spiro atoms. The maximum Gasteiger partial charge on any atom is 0.147 e. The molecular weight excluding hydrogens is 202 g/mol. The summed E-state index contributed by atoms with van der Waals surface area (Å²) in [5.41, 5.74) is 0. The second-order valence-electron chi connectivity index (χ2n) is 3.54. The van der Waals surface area contributed by atoms with Crippen molar-refractivity contribution in [3.05, 3.63) is 0 Å². The van der Waals surface area contributed by atoms with Crippen molar-refractivity contribution in [2.45, 2.75) is 25.3 Å². The molecule has 0 aromatic heterocycles. The van der Waals surface area contributed by atoms with Crippen molar-refractivity contribution in [1.29, 1.82) is 0 Å². The van der Waals surface area contributed by atoms with Crippen LogP contribution in [0.5, 0.6) is 0 Å². The number of methoxy groups -OCH3 is 1. The summed E-state index contributed by atoms with van der Waals surface area (Å²) in [5.74, 6) is 0.276. The second kappa shape index (κ2) is 7.20. The SMILES string of the molecule is CNC(CCCS(C)(=O)=O)CCOC. The van der Waals surface area contributed by atoms with Crippen LogP contribution in [0.2, 0.25) is 0 Å². The standard InChI is InChI=1S/C9H21NO3S/c1-10-9(6-7-13-2)5-4-8-14(3,11)12/h9-10H,4-8H2,1-3H3. The predicted molar refractivity (Wildman–Crippen MR) is 58.3 cm³/mol. The Balaban J connectivity index is 3.62. The molecule has 0 rings (SSSR count). The van der Waals surface area contributed by atoms with E-state index in [9.17, 15) is 8.42 Å². The van der Waals surface area contributed by atoms with E-state index in [1.54, 1.807) is 7.11 Å². The lowest BCUT2D eigenvalue weighted by Gasteiger charge is -2.14. The minimum absolute atomic E-state index is 0.276. The highest BCUT2D eigenvalue weighted by atomic mass is 32.2. The predicted octanol–water partition coefficient (Wildman–Crippen LogP) is 0.436. The number of rotatable bonds is 8. The van der Waals surface area contributed by atoms with Gasteiger partial charge in [-0.1, -0.05) is 0 Å². The summed E-state index contributed by atoms with van der Waals surface area (Å²) in [7, 11) is 0.752. The van der Waals surface area contributed by atoms with Gasteiger partial charge in [0.25, 0.3) is 0 Å². The summed E-state index contributed by atoms with van der Waals surface area (Å²) in [4.78, 5) is 0. The van der Waals surface area contributed by atoms with Crippen molar-refractivity contribution in [1.82, 2.24) is 5.32 Å². The molecule has 0 aliphatic rings. The van der Waals surface area contributed by atoms with Gasteiger partial charge in [0.1, 0.15) is 9.84 Å². The number of hydrogen-bond donors (Lipinski definition) is 1. The van der Waals surface area contributed by atoms with Crippen LogP contribution in [0.1, 0.15) is 19.3 Å². The molecule has 0 aromatic rings.